The number of rotatable bonds is 6. The van der Waals surface area contributed by atoms with Crippen LogP contribution in [0.15, 0.2) is 45.6 Å². The minimum absolute atomic E-state index is 0.0590. The molecule has 1 saturated heterocycles. The Labute approximate surface area is 159 Å². The molecule has 1 aliphatic rings. The summed E-state index contributed by atoms with van der Waals surface area (Å²) in [6, 6.07) is 8.96. The summed E-state index contributed by atoms with van der Waals surface area (Å²) in [7, 11) is 0. The molecule has 0 N–H and O–H groups in total. The summed E-state index contributed by atoms with van der Waals surface area (Å²) in [5.74, 6) is 0.443. The number of carbonyl (C=O) groups excluding carboxylic acids is 2. The number of aromatic nitrogens is 2. The molecular formula is C19H17N3O4S. The zero-order chi connectivity index (χ0) is 18.6. The molecule has 0 atom stereocenters. The summed E-state index contributed by atoms with van der Waals surface area (Å²) in [5, 5.41) is 7.64. The maximum Gasteiger partial charge on any atom is 0.338 e. The highest BCUT2D eigenvalue weighted by molar-refractivity contribution is 7.08. The Hall–Kier alpha value is -3.00. The van der Waals surface area contributed by atoms with Crippen LogP contribution >= 0.6 is 11.3 Å². The molecule has 1 fully saturated rings. The van der Waals surface area contributed by atoms with E-state index in [1.54, 1.807) is 12.1 Å². The van der Waals surface area contributed by atoms with Gasteiger partial charge in [-0.05, 0) is 35.6 Å². The number of ether oxygens (including phenoxy) is 1. The summed E-state index contributed by atoms with van der Waals surface area (Å²) in [6.07, 6.45) is 1.53. The van der Waals surface area contributed by atoms with Crippen LogP contribution in [0.3, 0.4) is 0 Å². The van der Waals surface area contributed by atoms with Crippen LogP contribution in [0, 0.1) is 0 Å². The Balaban J connectivity index is 1.32. The molecule has 8 heteroatoms. The first-order valence-electron chi connectivity index (χ1n) is 8.58. The lowest BCUT2D eigenvalue weighted by Crippen LogP contribution is -2.23. The Kier molecular flexibility index (Phi) is 4.97. The molecule has 1 aliphatic heterocycles. The number of thiophene rings is 1. The fraction of sp³-hybridized carbons (Fsp3) is 0.263. The van der Waals surface area contributed by atoms with Gasteiger partial charge < -0.3 is 14.2 Å². The van der Waals surface area contributed by atoms with Crippen LogP contribution in [0.4, 0.5) is 0 Å². The molecule has 1 amide bonds. The van der Waals surface area contributed by atoms with E-state index >= 15 is 0 Å². The van der Waals surface area contributed by atoms with Crippen molar-refractivity contribution in [3.8, 4) is 11.5 Å². The second-order valence-electron chi connectivity index (χ2n) is 6.22. The topological polar surface area (TPSA) is 85.5 Å². The Morgan fingerprint density at radius 2 is 2.11 bits per heavy atom. The molecule has 0 aliphatic carbocycles. The monoisotopic (exact) mass is 383 g/mol. The smallest absolute Gasteiger partial charge is 0.338 e. The van der Waals surface area contributed by atoms with E-state index in [4.69, 9.17) is 9.26 Å². The lowest BCUT2D eigenvalue weighted by atomic mass is 10.1. The number of likely N-dealkylation sites (tertiary alicyclic amines) is 1. The SMILES string of the molecule is O=C(OCc1noc(-c2ccsc2)n1)c1ccc(CN2CCCC2=O)cc1. The lowest BCUT2D eigenvalue weighted by molar-refractivity contribution is -0.128. The van der Waals surface area contributed by atoms with Gasteiger partial charge in [-0.3, -0.25) is 4.79 Å². The highest BCUT2D eigenvalue weighted by atomic mass is 32.1. The molecule has 0 bridgehead atoms. The minimum Gasteiger partial charge on any atom is -0.454 e. The first-order valence-corrected chi connectivity index (χ1v) is 9.52. The number of amides is 1. The van der Waals surface area contributed by atoms with Gasteiger partial charge in [-0.2, -0.15) is 16.3 Å². The number of hydrogen-bond acceptors (Lipinski definition) is 7. The van der Waals surface area contributed by atoms with Gasteiger partial charge in [0.25, 0.3) is 5.89 Å². The summed E-state index contributed by atoms with van der Waals surface area (Å²) < 4.78 is 10.4. The first kappa shape index (κ1) is 17.4. The second kappa shape index (κ2) is 7.71. The largest absolute Gasteiger partial charge is 0.454 e. The van der Waals surface area contributed by atoms with Crippen molar-refractivity contribution in [2.75, 3.05) is 6.54 Å². The van der Waals surface area contributed by atoms with Crippen LogP contribution in [0.1, 0.15) is 34.6 Å². The zero-order valence-electron chi connectivity index (χ0n) is 14.5. The third-order valence-electron chi connectivity index (χ3n) is 4.30. The molecule has 138 valence electrons. The molecule has 0 unspecified atom stereocenters. The molecule has 27 heavy (non-hydrogen) atoms. The summed E-state index contributed by atoms with van der Waals surface area (Å²) in [4.78, 5) is 29.9. The molecule has 3 aromatic rings. The number of esters is 1. The van der Waals surface area contributed by atoms with Crippen molar-refractivity contribution in [3.63, 3.8) is 0 Å². The number of hydrogen-bond donors (Lipinski definition) is 0. The van der Waals surface area contributed by atoms with Crippen LogP contribution in [0.2, 0.25) is 0 Å². The second-order valence-corrected chi connectivity index (χ2v) is 7.00. The predicted octanol–water partition coefficient (Wildman–Crippen LogP) is 3.28. The standard InChI is InChI=1S/C19H17N3O4S/c23-17-2-1-8-22(17)10-13-3-5-14(6-4-13)19(24)25-11-16-20-18(26-21-16)15-7-9-27-12-15/h3-7,9,12H,1-2,8,10-11H2. The minimum atomic E-state index is -0.458. The predicted molar refractivity (Wildman–Crippen MR) is 97.8 cm³/mol. The van der Waals surface area contributed by atoms with E-state index in [1.165, 1.54) is 11.3 Å². The maximum absolute atomic E-state index is 12.2. The van der Waals surface area contributed by atoms with E-state index in [0.29, 0.717) is 30.2 Å². The van der Waals surface area contributed by atoms with E-state index < -0.39 is 5.97 Å². The van der Waals surface area contributed by atoms with Crippen LogP contribution < -0.4 is 0 Å². The van der Waals surface area contributed by atoms with Gasteiger partial charge in [0.05, 0.1) is 11.1 Å². The molecule has 7 nitrogen and oxygen atoms in total. The van der Waals surface area contributed by atoms with Gasteiger partial charge in [0, 0.05) is 24.9 Å². The normalized spacial score (nSPS) is 13.9. The molecule has 0 radical (unpaired) electrons. The van der Waals surface area contributed by atoms with Crippen molar-refractivity contribution in [3.05, 3.63) is 58.0 Å². The van der Waals surface area contributed by atoms with Gasteiger partial charge in [0.1, 0.15) is 0 Å². The molecular weight excluding hydrogens is 366 g/mol. The van der Waals surface area contributed by atoms with Gasteiger partial charge in [0.2, 0.25) is 11.7 Å². The van der Waals surface area contributed by atoms with E-state index in [-0.39, 0.29) is 12.5 Å². The van der Waals surface area contributed by atoms with E-state index in [1.807, 2.05) is 33.9 Å². The molecule has 0 spiro atoms. The van der Waals surface area contributed by atoms with Crippen molar-refractivity contribution < 1.29 is 18.8 Å². The molecule has 1 aromatic carbocycles. The lowest BCUT2D eigenvalue weighted by Gasteiger charge is -2.15. The third kappa shape index (κ3) is 4.06. The van der Waals surface area contributed by atoms with Crippen LogP contribution in [-0.2, 0) is 22.7 Å². The van der Waals surface area contributed by atoms with Crippen molar-refractivity contribution in [1.82, 2.24) is 15.0 Å². The molecule has 4 rings (SSSR count). The zero-order valence-corrected chi connectivity index (χ0v) is 15.3. The molecule has 2 aromatic heterocycles. The fourth-order valence-electron chi connectivity index (χ4n) is 2.87. The maximum atomic E-state index is 12.2. The van der Waals surface area contributed by atoms with Crippen LogP contribution in [-0.4, -0.2) is 33.5 Å². The van der Waals surface area contributed by atoms with Crippen LogP contribution in [0.25, 0.3) is 11.5 Å². The first-order chi connectivity index (χ1) is 13.2. The number of nitrogens with zero attached hydrogens (tertiary/aromatic N) is 3. The Bertz CT molecular complexity index is 934. The number of carbonyl (C=O) groups is 2. The van der Waals surface area contributed by atoms with Crippen molar-refractivity contribution in [2.24, 2.45) is 0 Å². The van der Waals surface area contributed by atoms with Crippen molar-refractivity contribution in [2.45, 2.75) is 26.0 Å². The van der Waals surface area contributed by atoms with Gasteiger partial charge in [-0.15, -0.1) is 0 Å². The van der Waals surface area contributed by atoms with Gasteiger partial charge in [-0.1, -0.05) is 17.3 Å². The Morgan fingerprint density at radius 3 is 2.81 bits per heavy atom. The fourth-order valence-corrected chi connectivity index (χ4v) is 3.50. The van der Waals surface area contributed by atoms with E-state index in [9.17, 15) is 9.59 Å². The average Bonchev–Trinajstić information content (AvgIpc) is 3.43. The van der Waals surface area contributed by atoms with E-state index in [2.05, 4.69) is 10.1 Å². The number of benzene rings is 1. The summed E-state index contributed by atoms with van der Waals surface area (Å²) in [6.45, 7) is 1.31. The third-order valence-corrected chi connectivity index (χ3v) is 4.99. The quantitative estimate of drug-likeness (QED) is 0.607. The average molecular weight is 383 g/mol. The van der Waals surface area contributed by atoms with Gasteiger partial charge >= 0.3 is 5.97 Å². The van der Waals surface area contributed by atoms with Gasteiger partial charge in [-0.25, -0.2) is 4.79 Å². The molecule has 3 heterocycles. The van der Waals surface area contributed by atoms with Crippen molar-refractivity contribution >= 4 is 23.2 Å². The van der Waals surface area contributed by atoms with E-state index in [0.717, 1.165) is 24.1 Å². The highest BCUT2D eigenvalue weighted by Gasteiger charge is 2.20. The summed E-state index contributed by atoms with van der Waals surface area (Å²) in [5.41, 5.74) is 2.27. The molecule has 0 saturated carbocycles. The van der Waals surface area contributed by atoms with Crippen molar-refractivity contribution in [1.29, 1.82) is 0 Å². The summed E-state index contributed by atoms with van der Waals surface area (Å²) >= 11 is 1.54. The van der Waals surface area contributed by atoms with Crippen LogP contribution in [0.5, 0.6) is 0 Å². The Morgan fingerprint density at radius 1 is 1.26 bits per heavy atom. The van der Waals surface area contributed by atoms with Gasteiger partial charge in [0.15, 0.2) is 6.61 Å². The highest BCUT2D eigenvalue weighted by Crippen LogP contribution is 2.20.